The van der Waals surface area contributed by atoms with Crippen LogP contribution in [0.25, 0.3) is 11.1 Å². The molecule has 0 aliphatic carbocycles. The van der Waals surface area contributed by atoms with E-state index in [0.29, 0.717) is 17.9 Å². The van der Waals surface area contributed by atoms with Crippen molar-refractivity contribution in [3.05, 3.63) is 24.3 Å². The summed E-state index contributed by atoms with van der Waals surface area (Å²) in [6.45, 7) is 2.45. The Morgan fingerprint density at radius 2 is 1.67 bits per heavy atom. The Balaban J connectivity index is 2.62. The summed E-state index contributed by atoms with van der Waals surface area (Å²) < 4.78 is 5.53. The average molecular weight is 245 g/mol. The van der Waals surface area contributed by atoms with Crippen LogP contribution in [0.5, 0.6) is 5.75 Å². The molecule has 0 aliphatic rings. The molecule has 1 heterocycles. The monoisotopic (exact) mass is 245 g/mol. The van der Waals surface area contributed by atoms with Gasteiger partial charge in [0.2, 0.25) is 5.95 Å². The molecule has 0 saturated carbocycles. The van der Waals surface area contributed by atoms with Crippen molar-refractivity contribution in [2.24, 2.45) is 0 Å². The predicted octanol–water partition coefficient (Wildman–Crippen LogP) is 1.29. The van der Waals surface area contributed by atoms with Crippen LogP contribution in [0.2, 0.25) is 0 Å². The van der Waals surface area contributed by atoms with Gasteiger partial charge in [-0.25, -0.2) is 0 Å². The first kappa shape index (κ1) is 12.0. The van der Waals surface area contributed by atoms with Crippen LogP contribution < -0.4 is 21.9 Å². The van der Waals surface area contributed by atoms with Gasteiger partial charge in [-0.15, -0.1) is 0 Å². The van der Waals surface area contributed by atoms with Gasteiger partial charge in [-0.3, -0.25) is 0 Å². The maximum Gasteiger partial charge on any atom is 0.223 e. The molecule has 1 aromatic carbocycles. The minimum Gasteiger partial charge on any atom is -0.493 e. The molecule has 2 aromatic rings. The summed E-state index contributed by atoms with van der Waals surface area (Å²) in [6, 6.07) is 7.44. The van der Waals surface area contributed by atoms with E-state index in [9.17, 15) is 0 Å². The first-order chi connectivity index (χ1) is 8.63. The number of nitrogen functional groups attached to an aromatic ring is 3. The summed E-state index contributed by atoms with van der Waals surface area (Å²) in [5.41, 5.74) is 18.5. The number of nitrogens with two attached hydrogens (primary N) is 3. The molecule has 2 rings (SSSR count). The van der Waals surface area contributed by atoms with E-state index in [0.717, 1.165) is 5.56 Å². The van der Waals surface area contributed by atoms with Gasteiger partial charge in [0.25, 0.3) is 0 Å². The van der Waals surface area contributed by atoms with Crippen LogP contribution in [0.1, 0.15) is 6.92 Å². The van der Waals surface area contributed by atoms with Gasteiger partial charge in [0.1, 0.15) is 17.4 Å². The van der Waals surface area contributed by atoms with Gasteiger partial charge in [0.05, 0.1) is 12.2 Å². The van der Waals surface area contributed by atoms with E-state index in [1.807, 2.05) is 31.2 Å². The standard InChI is InChI=1S/C12H15N5O/c1-2-18-8-6-4-3-5-7(8)9-10(13)16-12(15)17-11(9)14/h3-6H,2H2,1H3,(H6,13,14,15,16,17). The minimum absolute atomic E-state index is 0.0580. The first-order valence-electron chi connectivity index (χ1n) is 5.54. The number of rotatable bonds is 3. The molecule has 0 unspecified atom stereocenters. The SMILES string of the molecule is CCOc1ccccc1-c1c(N)nc(N)nc1N. The van der Waals surface area contributed by atoms with E-state index in [1.54, 1.807) is 0 Å². The molecule has 0 radical (unpaired) electrons. The van der Waals surface area contributed by atoms with E-state index in [4.69, 9.17) is 21.9 Å². The zero-order valence-electron chi connectivity index (χ0n) is 10.1. The van der Waals surface area contributed by atoms with Crippen LogP contribution in [0.15, 0.2) is 24.3 Å². The molecule has 0 fully saturated rings. The highest BCUT2D eigenvalue weighted by Crippen LogP contribution is 2.36. The van der Waals surface area contributed by atoms with Gasteiger partial charge in [0, 0.05) is 5.56 Å². The largest absolute Gasteiger partial charge is 0.493 e. The Hall–Kier alpha value is -2.50. The fraction of sp³-hybridized carbons (Fsp3) is 0.167. The number of ether oxygens (including phenoxy) is 1. The van der Waals surface area contributed by atoms with Gasteiger partial charge >= 0.3 is 0 Å². The second-order valence-electron chi connectivity index (χ2n) is 3.66. The van der Waals surface area contributed by atoms with E-state index in [-0.39, 0.29) is 17.6 Å². The van der Waals surface area contributed by atoms with Gasteiger partial charge in [-0.05, 0) is 13.0 Å². The molecule has 6 nitrogen and oxygen atoms in total. The number of anilines is 3. The van der Waals surface area contributed by atoms with E-state index < -0.39 is 0 Å². The quantitative estimate of drug-likeness (QED) is 0.750. The van der Waals surface area contributed by atoms with Crippen LogP contribution in [-0.2, 0) is 0 Å². The third-order valence-corrected chi connectivity index (χ3v) is 2.44. The smallest absolute Gasteiger partial charge is 0.223 e. The zero-order valence-corrected chi connectivity index (χ0v) is 10.1. The van der Waals surface area contributed by atoms with Crippen LogP contribution in [-0.4, -0.2) is 16.6 Å². The highest BCUT2D eigenvalue weighted by Gasteiger charge is 2.15. The van der Waals surface area contributed by atoms with Crippen molar-refractivity contribution >= 4 is 17.6 Å². The summed E-state index contributed by atoms with van der Waals surface area (Å²) in [5.74, 6) is 1.23. The molecule has 0 atom stereocenters. The van der Waals surface area contributed by atoms with Crippen molar-refractivity contribution in [3.63, 3.8) is 0 Å². The average Bonchev–Trinajstić information content (AvgIpc) is 2.30. The summed E-state index contributed by atoms with van der Waals surface area (Å²) in [7, 11) is 0. The fourth-order valence-corrected chi connectivity index (χ4v) is 1.75. The molecule has 0 spiro atoms. The summed E-state index contributed by atoms with van der Waals surface area (Å²) in [5, 5.41) is 0. The van der Waals surface area contributed by atoms with Gasteiger partial charge in [-0.2, -0.15) is 9.97 Å². The molecule has 0 bridgehead atoms. The van der Waals surface area contributed by atoms with Crippen LogP contribution in [0.4, 0.5) is 17.6 Å². The normalized spacial score (nSPS) is 10.3. The Morgan fingerprint density at radius 3 is 2.28 bits per heavy atom. The lowest BCUT2D eigenvalue weighted by Crippen LogP contribution is -2.07. The number of nitrogens with zero attached hydrogens (tertiary/aromatic N) is 2. The molecule has 0 aliphatic heterocycles. The van der Waals surface area contributed by atoms with E-state index in [2.05, 4.69) is 9.97 Å². The fourth-order valence-electron chi connectivity index (χ4n) is 1.75. The number of aromatic nitrogens is 2. The molecule has 0 amide bonds. The molecule has 1 aromatic heterocycles. The number of hydrogen-bond acceptors (Lipinski definition) is 6. The zero-order chi connectivity index (χ0) is 13.1. The first-order valence-corrected chi connectivity index (χ1v) is 5.54. The van der Waals surface area contributed by atoms with Crippen LogP contribution in [0, 0.1) is 0 Å². The maximum atomic E-state index is 5.85. The predicted molar refractivity (Wildman–Crippen MR) is 71.9 cm³/mol. The van der Waals surface area contributed by atoms with Crippen molar-refractivity contribution in [1.82, 2.24) is 9.97 Å². The van der Waals surface area contributed by atoms with Crippen LogP contribution in [0.3, 0.4) is 0 Å². The Labute approximate surface area is 105 Å². The lowest BCUT2D eigenvalue weighted by atomic mass is 10.1. The van der Waals surface area contributed by atoms with E-state index in [1.165, 1.54) is 0 Å². The Kier molecular flexibility index (Phi) is 3.18. The topological polar surface area (TPSA) is 113 Å². The second-order valence-corrected chi connectivity index (χ2v) is 3.66. The molecular formula is C12H15N5O. The highest BCUT2D eigenvalue weighted by atomic mass is 16.5. The van der Waals surface area contributed by atoms with Crippen LogP contribution >= 0.6 is 0 Å². The molecular weight excluding hydrogens is 230 g/mol. The number of hydrogen-bond donors (Lipinski definition) is 3. The van der Waals surface area contributed by atoms with Crippen molar-refractivity contribution < 1.29 is 4.74 Å². The molecule has 6 N–H and O–H groups in total. The summed E-state index contributed by atoms with van der Waals surface area (Å²) in [6.07, 6.45) is 0. The van der Waals surface area contributed by atoms with E-state index >= 15 is 0 Å². The van der Waals surface area contributed by atoms with Gasteiger partial charge < -0.3 is 21.9 Å². The molecule has 0 saturated heterocycles. The lowest BCUT2D eigenvalue weighted by Gasteiger charge is -2.13. The molecule has 94 valence electrons. The minimum atomic E-state index is 0.0580. The highest BCUT2D eigenvalue weighted by molar-refractivity contribution is 5.86. The third-order valence-electron chi connectivity index (χ3n) is 2.44. The van der Waals surface area contributed by atoms with Crippen molar-refractivity contribution in [2.45, 2.75) is 6.92 Å². The number of benzene rings is 1. The second kappa shape index (κ2) is 4.79. The Morgan fingerprint density at radius 1 is 1.06 bits per heavy atom. The van der Waals surface area contributed by atoms with Crippen molar-refractivity contribution in [1.29, 1.82) is 0 Å². The van der Waals surface area contributed by atoms with Crippen molar-refractivity contribution in [3.8, 4) is 16.9 Å². The summed E-state index contributed by atoms with van der Waals surface area (Å²) >= 11 is 0. The molecule has 18 heavy (non-hydrogen) atoms. The lowest BCUT2D eigenvalue weighted by molar-refractivity contribution is 0.341. The number of para-hydroxylation sites is 1. The summed E-state index contributed by atoms with van der Waals surface area (Å²) in [4.78, 5) is 7.84. The Bertz CT molecular complexity index is 547. The maximum absolute atomic E-state index is 5.85. The third kappa shape index (κ3) is 2.13. The van der Waals surface area contributed by atoms with Gasteiger partial charge in [-0.1, -0.05) is 18.2 Å². The molecule has 6 heteroatoms. The van der Waals surface area contributed by atoms with Gasteiger partial charge in [0.15, 0.2) is 0 Å². The van der Waals surface area contributed by atoms with Crippen molar-refractivity contribution in [2.75, 3.05) is 23.8 Å².